The number of carbonyl (C=O) groups excluding carboxylic acids is 1. The predicted molar refractivity (Wildman–Crippen MR) is 70.1 cm³/mol. The summed E-state index contributed by atoms with van der Waals surface area (Å²) in [6.07, 6.45) is 4.96. The van der Waals surface area contributed by atoms with Crippen LogP contribution in [0.4, 0.5) is 0 Å². The first-order valence-electron chi connectivity index (χ1n) is 6.64. The van der Waals surface area contributed by atoms with E-state index in [9.17, 15) is 4.79 Å². The molecule has 0 aliphatic rings. The van der Waals surface area contributed by atoms with E-state index in [1.807, 2.05) is 0 Å². The van der Waals surface area contributed by atoms with E-state index < -0.39 is 0 Å². The van der Waals surface area contributed by atoms with Gasteiger partial charge in [-0.2, -0.15) is 0 Å². The molecule has 0 spiro atoms. The van der Waals surface area contributed by atoms with Crippen LogP contribution in [0.15, 0.2) is 0 Å². The van der Waals surface area contributed by atoms with Gasteiger partial charge in [-0.25, -0.2) is 0 Å². The molecule has 1 amide bonds. The first-order chi connectivity index (χ1) is 7.34. The highest BCUT2D eigenvalue weighted by Crippen LogP contribution is 2.35. The van der Waals surface area contributed by atoms with Crippen molar-refractivity contribution < 1.29 is 4.79 Å². The van der Waals surface area contributed by atoms with Gasteiger partial charge in [0.15, 0.2) is 0 Å². The average molecular weight is 227 g/mol. The van der Waals surface area contributed by atoms with Crippen LogP contribution < -0.4 is 5.73 Å². The summed E-state index contributed by atoms with van der Waals surface area (Å²) < 4.78 is 0. The van der Waals surface area contributed by atoms with Crippen molar-refractivity contribution in [3.8, 4) is 0 Å². The van der Waals surface area contributed by atoms with Gasteiger partial charge < -0.3 is 5.73 Å². The number of rotatable bonds is 8. The van der Waals surface area contributed by atoms with E-state index in [1.54, 1.807) is 0 Å². The van der Waals surface area contributed by atoms with E-state index in [-0.39, 0.29) is 11.3 Å². The second-order valence-electron chi connectivity index (χ2n) is 5.86. The Morgan fingerprint density at radius 2 is 1.44 bits per heavy atom. The third kappa shape index (κ3) is 5.00. The molecule has 16 heavy (non-hydrogen) atoms. The smallest absolute Gasteiger partial charge is 0.223 e. The van der Waals surface area contributed by atoms with E-state index in [0.29, 0.717) is 11.8 Å². The number of primary amides is 1. The lowest BCUT2D eigenvalue weighted by molar-refractivity contribution is -0.129. The van der Waals surface area contributed by atoms with Crippen molar-refractivity contribution >= 4 is 5.91 Å². The number of hydrogen-bond acceptors (Lipinski definition) is 1. The first kappa shape index (κ1) is 15.5. The Bertz CT molecular complexity index is 197. The molecule has 0 aliphatic heterocycles. The standard InChI is InChI=1S/C14H29NO/c1-6-14(13(15)16,9-7-11(2)3)10-8-12(4)5/h11-12H,6-10H2,1-5H3,(H2,15,16). The second kappa shape index (κ2) is 6.93. The lowest BCUT2D eigenvalue weighted by atomic mass is 9.74. The molecule has 0 rings (SSSR count). The fourth-order valence-electron chi connectivity index (χ4n) is 2.03. The average Bonchev–Trinajstić information content (AvgIpc) is 2.17. The van der Waals surface area contributed by atoms with Crippen molar-refractivity contribution in [3.05, 3.63) is 0 Å². The Morgan fingerprint density at radius 3 is 1.62 bits per heavy atom. The fraction of sp³-hybridized carbons (Fsp3) is 0.929. The van der Waals surface area contributed by atoms with Crippen molar-refractivity contribution in [1.82, 2.24) is 0 Å². The highest BCUT2D eigenvalue weighted by atomic mass is 16.1. The summed E-state index contributed by atoms with van der Waals surface area (Å²) in [4.78, 5) is 11.7. The minimum atomic E-state index is -0.255. The van der Waals surface area contributed by atoms with E-state index in [4.69, 9.17) is 5.73 Å². The molecule has 0 radical (unpaired) electrons. The molecule has 0 saturated carbocycles. The molecular weight excluding hydrogens is 198 g/mol. The molecule has 0 aromatic carbocycles. The largest absolute Gasteiger partial charge is 0.369 e. The summed E-state index contributed by atoms with van der Waals surface area (Å²) in [5.74, 6) is 1.19. The Kier molecular flexibility index (Phi) is 6.70. The number of hydrogen-bond donors (Lipinski definition) is 1. The predicted octanol–water partition coefficient (Wildman–Crippen LogP) is 3.74. The monoisotopic (exact) mass is 227 g/mol. The van der Waals surface area contributed by atoms with Crippen LogP contribution in [0, 0.1) is 17.3 Å². The molecule has 0 heterocycles. The van der Waals surface area contributed by atoms with Crippen LogP contribution in [0.25, 0.3) is 0 Å². The molecule has 0 atom stereocenters. The van der Waals surface area contributed by atoms with E-state index in [2.05, 4.69) is 34.6 Å². The zero-order valence-corrected chi connectivity index (χ0v) is 11.7. The molecule has 0 fully saturated rings. The Balaban J connectivity index is 4.51. The highest BCUT2D eigenvalue weighted by Gasteiger charge is 2.34. The maximum absolute atomic E-state index is 11.7. The zero-order valence-electron chi connectivity index (χ0n) is 11.7. The van der Waals surface area contributed by atoms with Gasteiger partial charge in [-0.3, -0.25) is 4.79 Å². The Morgan fingerprint density at radius 1 is 1.06 bits per heavy atom. The summed E-state index contributed by atoms with van der Waals surface area (Å²) in [6, 6.07) is 0. The van der Waals surface area contributed by atoms with Crippen molar-refractivity contribution in [1.29, 1.82) is 0 Å². The molecule has 2 heteroatoms. The van der Waals surface area contributed by atoms with Crippen LogP contribution in [0.3, 0.4) is 0 Å². The number of nitrogens with two attached hydrogens (primary N) is 1. The van der Waals surface area contributed by atoms with Gasteiger partial charge in [-0.05, 0) is 43.9 Å². The summed E-state index contributed by atoms with van der Waals surface area (Å²) in [5, 5.41) is 0. The summed E-state index contributed by atoms with van der Waals surface area (Å²) >= 11 is 0. The normalized spacial score (nSPS) is 12.4. The van der Waals surface area contributed by atoms with Crippen molar-refractivity contribution in [2.45, 2.75) is 66.7 Å². The molecule has 0 aliphatic carbocycles. The summed E-state index contributed by atoms with van der Waals surface area (Å²) in [7, 11) is 0. The van der Waals surface area contributed by atoms with E-state index in [1.165, 1.54) is 0 Å². The highest BCUT2D eigenvalue weighted by molar-refractivity contribution is 5.80. The van der Waals surface area contributed by atoms with Gasteiger partial charge in [-0.1, -0.05) is 34.6 Å². The van der Waals surface area contributed by atoms with Crippen LogP contribution in [0.5, 0.6) is 0 Å². The third-order valence-corrected chi connectivity index (χ3v) is 3.60. The lowest BCUT2D eigenvalue weighted by Crippen LogP contribution is -2.37. The van der Waals surface area contributed by atoms with Crippen molar-refractivity contribution in [2.24, 2.45) is 23.0 Å². The molecular formula is C14H29NO. The number of carbonyl (C=O) groups is 1. The molecule has 2 N–H and O–H groups in total. The minimum absolute atomic E-state index is 0.101. The Labute approximate surface area is 101 Å². The van der Waals surface area contributed by atoms with Crippen LogP contribution >= 0.6 is 0 Å². The van der Waals surface area contributed by atoms with Crippen LogP contribution in [-0.4, -0.2) is 5.91 Å². The molecule has 2 nitrogen and oxygen atoms in total. The molecule has 0 bridgehead atoms. The van der Waals surface area contributed by atoms with Gasteiger partial charge in [-0.15, -0.1) is 0 Å². The lowest BCUT2D eigenvalue weighted by Gasteiger charge is -2.31. The summed E-state index contributed by atoms with van der Waals surface area (Å²) in [5.41, 5.74) is 5.36. The van der Waals surface area contributed by atoms with Crippen LogP contribution in [-0.2, 0) is 4.79 Å². The maximum Gasteiger partial charge on any atom is 0.223 e. The first-order valence-corrected chi connectivity index (χ1v) is 6.64. The molecule has 0 aromatic rings. The molecule has 0 aromatic heterocycles. The van der Waals surface area contributed by atoms with Gasteiger partial charge in [0, 0.05) is 5.41 Å². The molecule has 96 valence electrons. The van der Waals surface area contributed by atoms with Crippen molar-refractivity contribution in [2.75, 3.05) is 0 Å². The third-order valence-electron chi connectivity index (χ3n) is 3.60. The molecule has 0 saturated heterocycles. The Hall–Kier alpha value is -0.530. The summed E-state index contributed by atoms with van der Waals surface area (Å²) in [6.45, 7) is 10.9. The second-order valence-corrected chi connectivity index (χ2v) is 5.86. The van der Waals surface area contributed by atoms with E-state index in [0.717, 1.165) is 32.1 Å². The zero-order chi connectivity index (χ0) is 12.8. The quantitative estimate of drug-likeness (QED) is 0.674. The van der Waals surface area contributed by atoms with Gasteiger partial charge in [0.2, 0.25) is 5.91 Å². The minimum Gasteiger partial charge on any atom is -0.369 e. The SMILES string of the molecule is CCC(CCC(C)C)(CCC(C)C)C(N)=O. The van der Waals surface area contributed by atoms with Gasteiger partial charge in [0.25, 0.3) is 0 Å². The van der Waals surface area contributed by atoms with Gasteiger partial charge >= 0.3 is 0 Å². The number of amides is 1. The maximum atomic E-state index is 11.7. The fourth-order valence-corrected chi connectivity index (χ4v) is 2.03. The van der Waals surface area contributed by atoms with Crippen LogP contribution in [0.1, 0.15) is 66.7 Å². The van der Waals surface area contributed by atoms with Gasteiger partial charge in [0.05, 0.1) is 0 Å². The van der Waals surface area contributed by atoms with E-state index >= 15 is 0 Å². The van der Waals surface area contributed by atoms with Gasteiger partial charge in [0.1, 0.15) is 0 Å². The topological polar surface area (TPSA) is 43.1 Å². The van der Waals surface area contributed by atoms with Crippen LogP contribution in [0.2, 0.25) is 0 Å². The van der Waals surface area contributed by atoms with Crippen molar-refractivity contribution in [3.63, 3.8) is 0 Å². The molecule has 0 unspecified atom stereocenters.